The Kier molecular flexibility index (Phi) is 5.58. The summed E-state index contributed by atoms with van der Waals surface area (Å²) in [6.45, 7) is 0.0158. The highest BCUT2D eigenvalue weighted by Crippen LogP contribution is 2.35. The van der Waals surface area contributed by atoms with Crippen molar-refractivity contribution in [2.75, 3.05) is 7.11 Å². The molecule has 5 nitrogen and oxygen atoms in total. The Labute approximate surface area is 146 Å². The first kappa shape index (κ1) is 17.0. The van der Waals surface area contributed by atoms with Crippen LogP contribution < -0.4 is 0 Å². The first-order valence-electron chi connectivity index (χ1n) is 8.20. The monoisotopic (exact) mass is 346 g/mol. The molecule has 0 saturated heterocycles. The maximum atomic E-state index is 11.6. The summed E-state index contributed by atoms with van der Waals surface area (Å²) < 4.78 is 6.96. The van der Waals surface area contributed by atoms with E-state index in [1.165, 1.54) is 20.0 Å². The van der Waals surface area contributed by atoms with Crippen LogP contribution in [0.2, 0.25) is 0 Å². The maximum Gasteiger partial charge on any atom is 0.337 e. The molecule has 6 heteroatoms. The molecule has 0 atom stereocenters. The van der Waals surface area contributed by atoms with Crippen molar-refractivity contribution in [1.82, 2.24) is 9.55 Å². The van der Waals surface area contributed by atoms with Crippen LogP contribution in [0.1, 0.15) is 53.3 Å². The second-order valence-electron chi connectivity index (χ2n) is 5.98. The molecule has 0 bridgehead atoms. The number of rotatable bonds is 6. The van der Waals surface area contributed by atoms with E-state index in [4.69, 9.17) is 4.74 Å². The van der Waals surface area contributed by atoms with Gasteiger partial charge in [0.25, 0.3) is 0 Å². The number of aromatic nitrogens is 2. The minimum atomic E-state index is -0.322. The number of thioether (sulfide) groups is 1. The first-order valence-corrected chi connectivity index (χ1v) is 9.18. The van der Waals surface area contributed by atoms with Gasteiger partial charge in [0.2, 0.25) is 0 Å². The van der Waals surface area contributed by atoms with Crippen molar-refractivity contribution in [1.29, 1.82) is 0 Å². The van der Waals surface area contributed by atoms with Crippen LogP contribution in [0, 0.1) is 0 Å². The number of aliphatic hydroxyl groups excluding tert-OH is 1. The fourth-order valence-corrected chi connectivity index (χ4v) is 4.22. The minimum Gasteiger partial charge on any atom is -0.465 e. The van der Waals surface area contributed by atoms with Gasteiger partial charge in [0.05, 0.1) is 31.2 Å². The fraction of sp³-hybridized carbons (Fsp3) is 0.444. The van der Waals surface area contributed by atoms with Crippen LogP contribution in [-0.2, 0) is 17.1 Å². The van der Waals surface area contributed by atoms with E-state index < -0.39 is 0 Å². The summed E-state index contributed by atoms with van der Waals surface area (Å²) in [7, 11) is 1.39. The zero-order chi connectivity index (χ0) is 16.9. The van der Waals surface area contributed by atoms with Crippen molar-refractivity contribution < 1.29 is 14.6 Å². The lowest BCUT2D eigenvalue weighted by atomic mass is 10.1. The molecule has 1 aliphatic rings. The summed E-state index contributed by atoms with van der Waals surface area (Å²) in [6.07, 6.45) is 6.53. The third kappa shape index (κ3) is 3.65. The van der Waals surface area contributed by atoms with E-state index in [-0.39, 0.29) is 12.6 Å². The SMILES string of the molecule is COC(=O)c1cccc(CSc2ncc(CO)n2C2CCCC2)c1. The molecule has 0 spiro atoms. The third-order valence-corrected chi connectivity index (χ3v) is 5.45. The van der Waals surface area contributed by atoms with Gasteiger partial charge in [0.1, 0.15) is 0 Å². The third-order valence-electron chi connectivity index (χ3n) is 4.41. The number of ether oxygens (including phenoxy) is 1. The number of esters is 1. The Morgan fingerprint density at radius 3 is 2.92 bits per heavy atom. The summed E-state index contributed by atoms with van der Waals surface area (Å²) in [5.74, 6) is 0.399. The summed E-state index contributed by atoms with van der Waals surface area (Å²) >= 11 is 1.64. The van der Waals surface area contributed by atoms with Gasteiger partial charge in [-0.15, -0.1) is 0 Å². The van der Waals surface area contributed by atoms with E-state index in [2.05, 4.69) is 9.55 Å². The molecule has 1 N–H and O–H groups in total. The van der Waals surface area contributed by atoms with Gasteiger partial charge in [-0.2, -0.15) is 0 Å². The highest BCUT2D eigenvalue weighted by atomic mass is 32.2. The van der Waals surface area contributed by atoms with Crippen LogP contribution in [0.5, 0.6) is 0 Å². The van der Waals surface area contributed by atoms with Crippen molar-refractivity contribution in [3.05, 3.63) is 47.3 Å². The molecule has 0 amide bonds. The maximum absolute atomic E-state index is 11.6. The zero-order valence-electron chi connectivity index (χ0n) is 13.8. The standard InChI is InChI=1S/C18H22N2O3S/c1-23-17(22)14-6-4-5-13(9-14)12-24-18-19-10-16(11-21)20(18)15-7-2-3-8-15/h4-6,9-10,15,21H,2-3,7-8,11-12H2,1H3. The predicted molar refractivity (Wildman–Crippen MR) is 93.0 cm³/mol. The molecule has 1 aromatic carbocycles. The molecule has 3 rings (SSSR count). The highest BCUT2D eigenvalue weighted by Gasteiger charge is 2.22. The minimum absolute atomic E-state index is 0.0158. The number of imidazole rings is 1. The van der Waals surface area contributed by atoms with E-state index >= 15 is 0 Å². The molecule has 1 fully saturated rings. The lowest BCUT2D eigenvalue weighted by Gasteiger charge is -2.17. The average molecular weight is 346 g/mol. The van der Waals surface area contributed by atoms with Gasteiger partial charge in [0.15, 0.2) is 5.16 Å². The van der Waals surface area contributed by atoms with E-state index in [9.17, 15) is 9.90 Å². The van der Waals surface area contributed by atoms with Gasteiger partial charge in [-0.05, 0) is 30.5 Å². The molecular formula is C18H22N2O3S. The van der Waals surface area contributed by atoms with E-state index in [0.717, 1.165) is 35.0 Å². The number of nitrogens with zero attached hydrogens (tertiary/aromatic N) is 2. The van der Waals surface area contributed by atoms with Gasteiger partial charge >= 0.3 is 5.97 Å². The Morgan fingerprint density at radius 1 is 1.42 bits per heavy atom. The molecule has 128 valence electrons. The van der Waals surface area contributed by atoms with Gasteiger partial charge in [-0.25, -0.2) is 9.78 Å². The molecular weight excluding hydrogens is 324 g/mol. The summed E-state index contributed by atoms with van der Waals surface area (Å²) in [4.78, 5) is 16.1. The van der Waals surface area contributed by atoms with Crippen molar-refractivity contribution in [3.63, 3.8) is 0 Å². The van der Waals surface area contributed by atoms with Crippen LogP contribution in [0.3, 0.4) is 0 Å². The summed E-state index contributed by atoms with van der Waals surface area (Å²) in [5, 5.41) is 10.5. The van der Waals surface area contributed by atoms with Crippen molar-refractivity contribution in [3.8, 4) is 0 Å². The Bertz CT molecular complexity index is 708. The molecule has 1 heterocycles. The molecule has 1 saturated carbocycles. The Morgan fingerprint density at radius 2 is 2.21 bits per heavy atom. The van der Waals surface area contributed by atoms with Gasteiger partial charge in [-0.3, -0.25) is 0 Å². The van der Waals surface area contributed by atoms with Crippen molar-refractivity contribution in [2.45, 2.75) is 49.2 Å². The second-order valence-corrected chi connectivity index (χ2v) is 6.92. The smallest absolute Gasteiger partial charge is 0.337 e. The van der Waals surface area contributed by atoms with Crippen LogP contribution in [0.25, 0.3) is 0 Å². The topological polar surface area (TPSA) is 64.3 Å². The van der Waals surface area contributed by atoms with Gasteiger partial charge in [-0.1, -0.05) is 36.7 Å². The number of benzene rings is 1. The number of carbonyl (C=O) groups is 1. The molecule has 0 radical (unpaired) electrons. The number of hydrogen-bond donors (Lipinski definition) is 1. The lowest BCUT2D eigenvalue weighted by molar-refractivity contribution is 0.0600. The first-order chi connectivity index (χ1) is 11.7. The normalized spacial score (nSPS) is 14.9. The van der Waals surface area contributed by atoms with Crippen molar-refractivity contribution >= 4 is 17.7 Å². The largest absolute Gasteiger partial charge is 0.465 e. The van der Waals surface area contributed by atoms with Gasteiger partial charge < -0.3 is 14.4 Å². The Balaban J connectivity index is 1.75. The summed E-state index contributed by atoms with van der Waals surface area (Å²) in [5.41, 5.74) is 2.49. The van der Waals surface area contributed by atoms with Gasteiger partial charge in [0, 0.05) is 11.8 Å². The molecule has 1 aromatic heterocycles. The quantitative estimate of drug-likeness (QED) is 0.640. The summed E-state index contributed by atoms with van der Waals surface area (Å²) in [6, 6.07) is 7.91. The zero-order valence-corrected chi connectivity index (χ0v) is 14.6. The molecule has 1 aliphatic carbocycles. The number of hydrogen-bond acceptors (Lipinski definition) is 5. The fourth-order valence-electron chi connectivity index (χ4n) is 3.21. The van der Waals surface area contributed by atoms with E-state index in [0.29, 0.717) is 11.6 Å². The molecule has 24 heavy (non-hydrogen) atoms. The second kappa shape index (κ2) is 7.85. The van der Waals surface area contributed by atoms with E-state index in [1.807, 2.05) is 18.2 Å². The highest BCUT2D eigenvalue weighted by molar-refractivity contribution is 7.98. The van der Waals surface area contributed by atoms with Crippen molar-refractivity contribution in [2.24, 2.45) is 0 Å². The van der Waals surface area contributed by atoms with Crippen LogP contribution >= 0.6 is 11.8 Å². The molecule has 0 unspecified atom stereocenters. The van der Waals surface area contributed by atoms with Crippen LogP contribution in [0.15, 0.2) is 35.6 Å². The predicted octanol–water partition coefficient (Wildman–Crippen LogP) is 3.57. The average Bonchev–Trinajstić information content (AvgIpc) is 3.28. The molecule has 0 aliphatic heterocycles. The lowest BCUT2D eigenvalue weighted by Crippen LogP contribution is -2.10. The number of carbonyl (C=O) groups excluding carboxylic acids is 1. The number of methoxy groups -OCH3 is 1. The number of aliphatic hydroxyl groups is 1. The molecule has 2 aromatic rings. The van der Waals surface area contributed by atoms with Crippen LogP contribution in [0.4, 0.5) is 0 Å². The van der Waals surface area contributed by atoms with E-state index in [1.54, 1.807) is 24.0 Å². The Hall–Kier alpha value is -1.79. The van der Waals surface area contributed by atoms with Crippen LogP contribution in [-0.4, -0.2) is 27.7 Å².